The van der Waals surface area contributed by atoms with Gasteiger partial charge in [0.15, 0.2) is 0 Å². The SMILES string of the molecule is CN(C)C(CNC1C(=O)Nc2ccccc21)c1cccs1. The van der Waals surface area contributed by atoms with Crippen molar-refractivity contribution in [3.8, 4) is 0 Å². The van der Waals surface area contributed by atoms with Crippen LogP contribution in [0.2, 0.25) is 0 Å². The first kappa shape index (κ1) is 14.3. The van der Waals surface area contributed by atoms with Crippen LogP contribution in [0.4, 0.5) is 5.69 Å². The molecule has 0 spiro atoms. The minimum atomic E-state index is -0.261. The van der Waals surface area contributed by atoms with Gasteiger partial charge in [0.05, 0.1) is 6.04 Å². The first-order valence-electron chi connectivity index (χ1n) is 7.00. The molecule has 21 heavy (non-hydrogen) atoms. The van der Waals surface area contributed by atoms with Crippen LogP contribution >= 0.6 is 11.3 Å². The van der Waals surface area contributed by atoms with Gasteiger partial charge in [-0.3, -0.25) is 4.79 Å². The van der Waals surface area contributed by atoms with Gasteiger partial charge in [-0.25, -0.2) is 0 Å². The fraction of sp³-hybridized carbons (Fsp3) is 0.312. The molecule has 2 unspecified atom stereocenters. The summed E-state index contributed by atoms with van der Waals surface area (Å²) < 4.78 is 0. The average molecular weight is 301 g/mol. The van der Waals surface area contributed by atoms with Crippen LogP contribution in [0.1, 0.15) is 22.5 Å². The smallest absolute Gasteiger partial charge is 0.246 e. The molecule has 0 radical (unpaired) electrons. The quantitative estimate of drug-likeness (QED) is 0.892. The van der Waals surface area contributed by atoms with E-state index < -0.39 is 0 Å². The number of para-hydroxylation sites is 1. The average Bonchev–Trinajstić information content (AvgIpc) is 3.07. The monoisotopic (exact) mass is 301 g/mol. The van der Waals surface area contributed by atoms with E-state index in [4.69, 9.17) is 0 Å². The Hall–Kier alpha value is -1.69. The maximum absolute atomic E-state index is 12.1. The van der Waals surface area contributed by atoms with Crippen LogP contribution in [0.15, 0.2) is 41.8 Å². The number of likely N-dealkylation sites (N-methyl/N-ethyl adjacent to an activating group) is 1. The highest BCUT2D eigenvalue weighted by atomic mass is 32.1. The van der Waals surface area contributed by atoms with Crippen LogP contribution in [0, 0.1) is 0 Å². The fourth-order valence-electron chi connectivity index (χ4n) is 2.66. The summed E-state index contributed by atoms with van der Waals surface area (Å²) in [6, 6.07) is 12.1. The summed E-state index contributed by atoms with van der Waals surface area (Å²) >= 11 is 1.75. The van der Waals surface area contributed by atoms with Crippen LogP contribution in [-0.2, 0) is 4.79 Å². The lowest BCUT2D eigenvalue weighted by Gasteiger charge is -2.25. The predicted molar refractivity (Wildman–Crippen MR) is 86.6 cm³/mol. The standard InChI is InChI=1S/C16H19N3OS/c1-19(2)13(14-8-5-9-21-14)10-17-15-11-6-3-4-7-12(11)18-16(15)20/h3-9,13,15,17H,10H2,1-2H3,(H,18,20). The summed E-state index contributed by atoms with van der Waals surface area (Å²) in [6.45, 7) is 0.736. The van der Waals surface area contributed by atoms with Gasteiger partial charge in [-0.05, 0) is 31.6 Å². The Morgan fingerprint density at radius 1 is 1.29 bits per heavy atom. The van der Waals surface area contributed by atoms with Gasteiger partial charge in [-0.15, -0.1) is 11.3 Å². The van der Waals surface area contributed by atoms with Crippen molar-refractivity contribution in [1.29, 1.82) is 0 Å². The van der Waals surface area contributed by atoms with Crippen LogP contribution in [0.25, 0.3) is 0 Å². The third-order valence-corrected chi connectivity index (χ3v) is 4.78. The van der Waals surface area contributed by atoms with Gasteiger partial charge in [0.1, 0.15) is 6.04 Å². The molecular formula is C16H19N3OS. The molecule has 2 aromatic rings. The summed E-state index contributed by atoms with van der Waals surface area (Å²) in [6.07, 6.45) is 0. The molecule has 2 N–H and O–H groups in total. The second kappa shape index (κ2) is 5.97. The lowest BCUT2D eigenvalue weighted by molar-refractivity contribution is -0.117. The number of nitrogens with zero attached hydrogens (tertiary/aromatic N) is 1. The molecule has 5 heteroatoms. The van der Waals surface area contributed by atoms with Gasteiger partial charge in [-0.1, -0.05) is 24.3 Å². The molecule has 0 aliphatic carbocycles. The largest absolute Gasteiger partial charge is 0.324 e. The van der Waals surface area contributed by atoms with Gasteiger partial charge in [0.2, 0.25) is 5.91 Å². The Labute approximate surface area is 128 Å². The van der Waals surface area contributed by atoms with Gasteiger partial charge in [-0.2, -0.15) is 0 Å². The van der Waals surface area contributed by atoms with Crippen LogP contribution in [0.5, 0.6) is 0 Å². The molecule has 2 atom stereocenters. The second-order valence-corrected chi connectivity index (χ2v) is 6.39. The van der Waals surface area contributed by atoms with Crippen molar-refractivity contribution in [1.82, 2.24) is 10.2 Å². The summed E-state index contributed by atoms with van der Waals surface area (Å²) in [5, 5.41) is 8.42. The van der Waals surface area contributed by atoms with E-state index in [-0.39, 0.29) is 18.0 Å². The minimum Gasteiger partial charge on any atom is -0.324 e. The summed E-state index contributed by atoms with van der Waals surface area (Å²) in [7, 11) is 4.13. The van der Waals surface area contributed by atoms with Crippen molar-refractivity contribution in [3.63, 3.8) is 0 Å². The molecule has 1 aromatic heterocycles. The van der Waals surface area contributed by atoms with E-state index >= 15 is 0 Å². The molecule has 4 nitrogen and oxygen atoms in total. The molecule has 0 saturated carbocycles. The number of benzene rings is 1. The topological polar surface area (TPSA) is 44.4 Å². The van der Waals surface area contributed by atoms with E-state index in [2.05, 4.69) is 47.1 Å². The number of rotatable bonds is 5. The highest BCUT2D eigenvalue weighted by Crippen LogP contribution is 2.31. The first-order valence-corrected chi connectivity index (χ1v) is 7.88. The van der Waals surface area contributed by atoms with E-state index in [1.807, 2.05) is 24.3 Å². The Balaban J connectivity index is 1.73. The molecule has 0 bridgehead atoms. The van der Waals surface area contributed by atoms with Gasteiger partial charge in [0, 0.05) is 22.7 Å². The van der Waals surface area contributed by atoms with E-state index in [9.17, 15) is 4.79 Å². The summed E-state index contributed by atoms with van der Waals surface area (Å²) in [5.74, 6) is 0.0277. The van der Waals surface area contributed by atoms with Crippen molar-refractivity contribution in [2.75, 3.05) is 26.0 Å². The number of nitrogens with one attached hydrogen (secondary N) is 2. The number of amides is 1. The Kier molecular flexibility index (Phi) is 4.05. The molecule has 3 rings (SSSR count). The first-order chi connectivity index (χ1) is 10.2. The lowest BCUT2D eigenvalue weighted by atomic mass is 10.1. The molecular weight excluding hydrogens is 282 g/mol. The minimum absolute atomic E-state index is 0.0277. The third kappa shape index (κ3) is 2.85. The van der Waals surface area contributed by atoms with Crippen molar-refractivity contribution in [2.45, 2.75) is 12.1 Å². The van der Waals surface area contributed by atoms with Crippen LogP contribution in [-0.4, -0.2) is 31.4 Å². The molecule has 0 fully saturated rings. The van der Waals surface area contributed by atoms with E-state index in [1.54, 1.807) is 11.3 Å². The Morgan fingerprint density at radius 3 is 2.81 bits per heavy atom. The molecule has 2 heterocycles. The fourth-order valence-corrected chi connectivity index (χ4v) is 3.58. The number of thiophene rings is 1. The van der Waals surface area contributed by atoms with Gasteiger partial charge < -0.3 is 15.5 Å². The van der Waals surface area contributed by atoms with Crippen molar-refractivity contribution >= 4 is 22.9 Å². The summed E-state index contributed by atoms with van der Waals surface area (Å²) in [4.78, 5) is 15.6. The number of fused-ring (bicyclic) bond motifs is 1. The zero-order valence-corrected chi connectivity index (χ0v) is 13.0. The van der Waals surface area contributed by atoms with Crippen molar-refractivity contribution in [3.05, 3.63) is 52.2 Å². The zero-order chi connectivity index (χ0) is 14.8. The molecule has 1 aliphatic heterocycles. The molecule has 1 aliphatic rings. The second-order valence-electron chi connectivity index (χ2n) is 5.41. The highest BCUT2D eigenvalue weighted by molar-refractivity contribution is 7.10. The zero-order valence-electron chi connectivity index (χ0n) is 12.2. The molecule has 1 amide bonds. The maximum atomic E-state index is 12.1. The van der Waals surface area contributed by atoms with E-state index in [1.165, 1.54) is 4.88 Å². The van der Waals surface area contributed by atoms with E-state index in [0.717, 1.165) is 17.8 Å². The molecule has 1 aromatic carbocycles. The number of carbonyl (C=O) groups is 1. The number of hydrogen-bond acceptors (Lipinski definition) is 4. The third-order valence-electron chi connectivity index (χ3n) is 3.80. The highest BCUT2D eigenvalue weighted by Gasteiger charge is 2.30. The Morgan fingerprint density at radius 2 is 2.10 bits per heavy atom. The van der Waals surface area contributed by atoms with Crippen LogP contribution < -0.4 is 10.6 Å². The number of anilines is 1. The summed E-state index contributed by atoms with van der Waals surface area (Å²) in [5.41, 5.74) is 1.95. The molecule has 0 saturated heterocycles. The predicted octanol–water partition coefficient (Wildman–Crippen LogP) is 2.63. The maximum Gasteiger partial charge on any atom is 0.246 e. The Bertz CT molecular complexity index is 624. The lowest BCUT2D eigenvalue weighted by Crippen LogP contribution is -2.35. The molecule has 110 valence electrons. The number of hydrogen-bond donors (Lipinski definition) is 2. The van der Waals surface area contributed by atoms with Crippen molar-refractivity contribution < 1.29 is 4.79 Å². The van der Waals surface area contributed by atoms with Gasteiger partial charge in [0.25, 0.3) is 0 Å². The van der Waals surface area contributed by atoms with Crippen LogP contribution in [0.3, 0.4) is 0 Å². The van der Waals surface area contributed by atoms with Crippen molar-refractivity contribution in [2.24, 2.45) is 0 Å². The van der Waals surface area contributed by atoms with E-state index in [0.29, 0.717) is 0 Å². The number of carbonyl (C=O) groups excluding carboxylic acids is 1. The normalized spacial score (nSPS) is 18.6. The van der Waals surface area contributed by atoms with Gasteiger partial charge >= 0.3 is 0 Å².